The summed E-state index contributed by atoms with van der Waals surface area (Å²) in [6.45, 7) is 2.02. The van der Waals surface area contributed by atoms with Crippen LogP contribution < -0.4 is 4.74 Å². The Hall–Kier alpha value is -2.26. The maximum atomic E-state index is 10.6. The zero-order valence-corrected chi connectivity index (χ0v) is 12.2. The zero-order chi connectivity index (χ0) is 14.8. The Morgan fingerprint density at radius 3 is 2.62 bits per heavy atom. The third-order valence-electron chi connectivity index (χ3n) is 3.78. The van der Waals surface area contributed by atoms with E-state index in [-0.39, 0.29) is 0 Å². The highest BCUT2D eigenvalue weighted by Gasteiger charge is 2.16. The number of aliphatic hydroxyl groups excluding tert-OH is 1. The number of hydrogen-bond acceptors (Lipinski definition) is 3. The molecule has 0 saturated heterocycles. The molecule has 1 atom stereocenters. The fourth-order valence-corrected chi connectivity index (χ4v) is 2.60. The number of fused-ring (bicyclic) bond motifs is 1. The first-order valence-corrected chi connectivity index (χ1v) is 7.05. The Bertz CT molecular complexity index is 758. The van der Waals surface area contributed by atoms with Gasteiger partial charge in [0.25, 0.3) is 0 Å². The van der Waals surface area contributed by atoms with Crippen molar-refractivity contribution in [2.75, 3.05) is 7.11 Å². The van der Waals surface area contributed by atoms with E-state index in [1.54, 1.807) is 13.4 Å². The summed E-state index contributed by atoms with van der Waals surface area (Å²) in [6.07, 6.45) is 1.73. The second-order valence-electron chi connectivity index (χ2n) is 5.03. The van der Waals surface area contributed by atoms with E-state index in [0.29, 0.717) is 0 Å². The summed E-state index contributed by atoms with van der Waals surface area (Å²) < 4.78 is 10.6. The van der Waals surface area contributed by atoms with Gasteiger partial charge in [-0.3, -0.25) is 0 Å². The van der Waals surface area contributed by atoms with E-state index in [1.165, 1.54) is 0 Å². The van der Waals surface area contributed by atoms with Crippen LogP contribution in [0.2, 0.25) is 0 Å². The topological polar surface area (TPSA) is 42.6 Å². The summed E-state index contributed by atoms with van der Waals surface area (Å²) in [6, 6.07) is 13.7. The Kier molecular flexibility index (Phi) is 3.67. The molecule has 108 valence electrons. The number of aryl methyl sites for hydroxylation is 1. The fraction of sp³-hybridized carbons (Fsp3) is 0.222. The summed E-state index contributed by atoms with van der Waals surface area (Å²) in [5.41, 5.74) is 1.70. The molecule has 2 aromatic carbocycles. The molecule has 0 radical (unpaired) electrons. The van der Waals surface area contributed by atoms with Crippen molar-refractivity contribution >= 4 is 10.8 Å². The summed E-state index contributed by atoms with van der Waals surface area (Å²) in [5.74, 6) is 1.66. The van der Waals surface area contributed by atoms with E-state index in [9.17, 15) is 5.11 Å². The molecule has 0 saturated carbocycles. The first-order valence-electron chi connectivity index (χ1n) is 7.05. The quantitative estimate of drug-likeness (QED) is 0.784. The van der Waals surface area contributed by atoms with E-state index in [4.69, 9.17) is 9.15 Å². The number of benzene rings is 2. The number of furan rings is 1. The van der Waals surface area contributed by atoms with Gasteiger partial charge in [0, 0.05) is 12.0 Å². The lowest BCUT2D eigenvalue weighted by Gasteiger charge is -2.12. The van der Waals surface area contributed by atoms with Crippen LogP contribution in [0.15, 0.2) is 53.1 Å². The summed E-state index contributed by atoms with van der Waals surface area (Å²) in [5, 5.41) is 12.7. The molecule has 0 amide bonds. The molecule has 1 aromatic heterocycles. The van der Waals surface area contributed by atoms with Crippen LogP contribution in [-0.2, 0) is 6.42 Å². The van der Waals surface area contributed by atoms with Crippen molar-refractivity contribution in [2.45, 2.75) is 19.4 Å². The van der Waals surface area contributed by atoms with E-state index >= 15 is 0 Å². The van der Waals surface area contributed by atoms with Crippen LogP contribution in [0.3, 0.4) is 0 Å². The Labute approximate surface area is 123 Å². The second kappa shape index (κ2) is 5.62. The molecule has 1 N–H and O–H groups in total. The standard InChI is InChI=1S/C18H18O3/c1-3-17-16(8-9-21-17)18(19)14-5-4-13-11-15(20-2)7-6-12(13)10-14/h4-11,18-19H,3H2,1-2H3. The van der Waals surface area contributed by atoms with Crippen molar-refractivity contribution < 1.29 is 14.3 Å². The minimum Gasteiger partial charge on any atom is -0.497 e. The van der Waals surface area contributed by atoms with E-state index in [0.717, 1.165) is 39.8 Å². The van der Waals surface area contributed by atoms with Gasteiger partial charge in [-0.15, -0.1) is 0 Å². The Morgan fingerprint density at radius 2 is 1.86 bits per heavy atom. The molecule has 0 bridgehead atoms. The van der Waals surface area contributed by atoms with Crippen LogP contribution in [0.25, 0.3) is 10.8 Å². The second-order valence-corrected chi connectivity index (χ2v) is 5.03. The highest BCUT2D eigenvalue weighted by molar-refractivity contribution is 5.84. The maximum Gasteiger partial charge on any atom is 0.119 e. The number of ether oxygens (including phenoxy) is 1. The van der Waals surface area contributed by atoms with Crippen molar-refractivity contribution in [3.05, 3.63) is 65.6 Å². The van der Waals surface area contributed by atoms with Crippen LogP contribution in [0.4, 0.5) is 0 Å². The van der Waals surface area contributed by atoms with Gasteiger partial charge in [-0.1, -0.05) is 25.1 Å². The monoisotopic (exact) mass is 282 g/mol. The lowest BCUT2D eigenvalue weighted by molar-refractivity contribution is 0.217. The molecule has 21 heavy (non-hydrogen) atoms. The first kappa shape index (κ1) is 13.7. The number of rotatable bonds is 4. The summed E-state index contributed by atoms with van der Waals surface area (Å²) >= 11 is 0. The molecule has 3 nitrogen and oxygen atoms in total. The molecular formula is C18H18O3. The number of aliphatic hydroxyl groups is 1. The SMILES string of the molecule is CCc1occc1C(O)c1ccc2cc(OC)ccc2c1. The van der Waals surface area contributed by atoms with Crippen molar-refractivity contribution in [3.63, 3.8) is 0 Å². The third-order valence-corrected chi connectivity index (χ3v) is 3.78. The fourth-order valence-electron chi connectivity index (χ4n) is 2.60. The molecule has 3 heteroatoms. The van der Waals surface area contributed by atoms with Crippen LogP contribution in [-0.4, -0.2) is 12.2 Å². The van der Waals surface area contributed by atoms with Gasteiger partial charge in [-0.05, 0) is 40.6 Å². The van der Waals surface area contributed by atoms with Crippen LogP contribution in [0, 0.1) is 0 Å². The normalized spacial score (nSPS) is 12.5. The molecule has 0 fully saturated rings. The molecule has 1 unspecified atom stereocenters. The van der Waals surface area contributed by atoms with E-state index in [1.807, 2.05) is 49.4 Å². The van der Waals surface area contributed by atoms with Gasteiger partial charge in [0.1, 0.15) is 17.6 Å². The Morgan fingerprint density at radius 1 is 1.10 bits per heavy atom. The average Bonchev–Trinajstić information content (AvgIpc) is 3.01. The minimum atomic E-state index is -0.662. The van der Waals surface area contributed by atoms with Gasteiger partial charge in [0.15, 0.2) is 0 Å². The molecule has 0 aliphatic heterocycles. The molecule has 3 aromatic rings. The highest BCUT2D eigenvalue weighted by Crippen LogP contribution is 2.29. The van der Waals surface area contributed by atoms with Crippen LogP contribution in [0.1, 0.15) is 29.9 Å². The average molecular weight is 282 g/mol. The molecule has 3 rings (SSSR count). The van der Waals surface area contributed by atoms with Crippen molar-refractivity contribution in [1.82, 2.24) is 0 Å². The number of hydrogen-bond donors (Lipinski definition) is 1. The van der Waals surface area contributed by atoms with Gasteiger partial charge in [-0.2, -0.15) is 0 Å². The molecule has 0 aliphatic carbocycles. The smallest absolute Gasteiger partial charge is 0.119 e. The van der Waals surface area contributed by atoms with Gasteiger partial charge in [0.2, 0.25) is 0 Å². The predicted molar refractivity (Wildman–Crippen MR) is 82.6 cm³/mol. The van der Waals surface area contributed by atoms with Gasteiger partial charge >= 0.3 is 0 Å². The summed E-state index contributed by atoms with van der Waals surface area (Å²) in [4.78, 5) is 0. The predicted octanol–water partition coefficient (Wildman–Crippen LogP) is 4.09. The highest BCUT2D eigenvalue weighted by atomic mass is 16.5. The van der Waals surface area contributed by atoms with Crippen molar-refractivity contribution in [1.29, 1.82) is 0 Å². The molecule has 0 aliphatic rings. The van der Waals surface area contributed by atoms with Crippen molar-refractivity contribution in [2.24, 2.45) is 0 Å². The lowest BCUT2D eigenvalue weighted by atomic mass is 9.98. The van der Waals surface area contributed by atoms with E-state index < -0.39 is 6.10 Å². The van der Waals surface area contributed by atoms with Crippen LogP contribution in [0.5, 0.6) is 5.75 Å². The van der Waals surface area contributed by atoms with E-state index in [2.05, 4.69) is 0 Å². The Balaban J connectivity index is 2.01. The summed E-state index contributed by atoms with van der Waals surface area (Å²) in [7, 11) is 1.66. The maximum absolute atomic E-state index is 10.6. The zero-order valence-electron chi connectivity index (χ0n) is 12.2. The minimum absolute atomic E-state index is 0.662. The third kappa shape index (κ3) is 2.52. The molecule has 0 spiro atoms. The van der Waals surface area contributed by atoms with Gasteiger partial charge in [-0.25, -0.2) is 0 Å². The molecule has 1 heterocycles. The first-order chi connectivity index (χ1) is 10.2. The van der Waals surface area contributed by atoms with Gasteiger partial charge < -0.3 is 14.3 Å². The molecular weight excluding hydrogens is 264 g/mol. The van der Waals surface area contributed by atoms with Crippen LogP contribution >= 0.6 is 0 Å². The van der Waals surface area contributed by atoms with Crippen molar-refractivity contribution in [3.8, 4) is 5.75 Å². The number of methoxy groups -OCH3 is 1. The van der Waals surface area contributed by atoms with Gasteiger partial charge in [0.05, 0.1) is 13.4 Å². The lowest BCUT2D eigenvalue weighted by Crippen LogP contribution is -2.01. The largest absolute Gasteiger partial charge is 0.497 e.